The summed E-state index contributed by atoms with van der Waals surface area (Å²) >= 11 is 3.06. The second-order valence-electron chi connectivity index (χ2n) is 1.90. The zero-order valence-electron chi connectivity index (χ0n) is 5.93. The highest BCUT2D eigenvalue weighted by molar-refractivity contribution is 9.09. The van der Waals surface area contributed by atoms with Crippen LogP contribution in [0, 0.1) is 0 Å². The Morgan fingerprint density at radius 2 is 2.10 bits per heavy atom. The number of nitrogens with one attached hydrogen (secondary N) is 1. The van der Waals surface area contributed by atoms with Gasteiger partial charge >= 0.3 is 0 Å². The fourth-order valence-electron chi connectivity index (χ4n) is 0.431. The number of hydrogen-bond donors (Lipinski definition) is 1. The lowest BCUT2D eigenvalue weighted by atomic mass is 10.5. The minimum Gasteiger partial charge on any atom is -0.215 e. The number of sulfonamides is 1. The van der Waals surface area contributed by atoms with Gasteiger partial charge in [-0.15, -0.1) is 0 Å². The first-order chi connectivity index (χ1) is 4.62. The molecule has 3 nitrogen and oxygen atoms in total. The van der Waals surface area contributed by atoms with Crippen molar-refractivity contribution in [3.63, 3.8) is 0 Å². The molecule has 0 bridgehead atoms. The van der Waals surface area contributed by atoms with Gasteiger partial charge < -0.3 is 0 Å². The summed E-state index contributed by atoms with van der Waals surface area (Å²) in [6, 6.07) is 0. The second kappa shape index (κ2) is 5.09. The van der Waals surface area contributed by atoms with Crippen LogP contribution in [0.5, 0.6) is 0 Å². The van der Waals surface area contributed by atoms with Crippen molar-refractivity contribution >= 4 is 26.0 Å². The Labute approximate surface area is 70.4 Å². The molecular weight excluding hydrogens is 218 g/mol. The SMILES string of the molecule is CCCNS(=O)(=O)CCBr. The standard InChI is InChI=1S/C5H12BrNO2S/c1-2-4-7-10(8,9)5-3-6/h7H,2-5H2,1H3. The van der Waals surface area contributed by atoms with Gasteiger partial charge in [-0.05, 0) is 6.42 Å². The van der Waals surface area contributed by atoms with Crippen LogP contribution in [0.2, 0.25) is 0 Å². The number of halogens is 1. The van der Waals surface area contributed by atoms with Crippen LogP contribution in [-0.4, -0.2) is 26.0 Å². The van der Waals surface area contributed by atoms with E-state index in [9.17, 15) is 8.42 Å². The largest absolute Gasteiger partial charge is 0.215 e. The van der Waals surface area contributed by atoms with Crippen molar-refractivity contribution in [2.45, 2.75) is 13.3 Å². The van der Waals surface area contributed by atoms with E-state index in [1.54, 1.807) is 0 Å². The third-order valence-electron chi connectivity index (χ3n) is 0.918. The number of alkyl halides is 1. The van der Waals surface area contributed by atoms with Crippen molar-refractivity contribution in [2.75, 3.05) is 17.6 Å². The maximum atomic E-state index is 10.8. The normalized spacial score (nSPS) is 11.8. The average molecular weight is 230 g/mol. The minimum absolute atomic E-state index is 0.160. The summed E-state index contributed by atoms with van der Waals surface area (Å²) in [6.45, 7) is 2.46. The molecule has 0 aromatic rings. The summed E-state index contributed by atoms with van der Waals surface area (Å²) < 4.78 is 24.1. The van der Waals surface area contributed by atoms with Crippen molar-refractivity contribution in [3.8, 4) is 0 Å². The van der Waals surface area contributed by atoms with Crippen molar-refractivity contribution in [3.05, 3.63) is 0 Å². The summed E-state index contributed by atoms with van der Waals surface area (Å²) in [5.41, 5.74) is 0. The Bertz CT molecular complexity index is 166. The molecule has 0 aromatic heterocycles. The third-order valence-corrected chi connectivity index (χ3v) is 3.22. The zero-order chi connectivity index (χ0) is 8.04. The molecule has 0 aromatic carbocycles. The Balaban J connectivity index is 3.65. The van der Waals surface area contributed by atoms with E-state index in [0.717, 1.165) is 6.42 Å². The van der Waals surface area contributed by atoms with Crippen LogP contribution >= 0.6 is 15.9 Å². The molecule has 0 atom stereocenters. The fraction of sp³-hybridized carbons (Fsp3) is 1.00. The van der Waals surface area contributed by atoms with Gasteiger partial charge in [0.05, 0.1) is 5.75 Å². The maximum absolute atomic E-state index is 10.8. The van der Waals surface area contributed by atoms with Crippen molar-refractivity contribution in [2.24, 2.45) is 0 Å². The van der Waals surface area contributed by atoms with Gasteiger partial charge in [0, 0.05) is 11.9 Å². The van der Waals surface area contributed by atoms with E-state index < -0.39 is 10.0 Å². The first kappa shape index (κ1) is 10.4. The lowest BCUT2D eigenvalue weighted by Crippen LogP contribution is -2.27. The average Bonchev–Trinajstić information content (AvgIpc) is 1.84. The highest BCUT2D eigenvalue weighted by Gasteiger charge is 2.05. The van der Waals surface area contributed by atoms with Crippen LogP contribution in [0.4, 0.5) is 0 Å². The van der Waals surface area contributed by atoms with Crippen LogP contribution < -0.4 is 4.72 Å². The highest BCUT2D eigenvalue weighted by atomic mass is 79.9. The first-order valence-corrected chi connectivity index (χ1v) is 5.93. The van der Waals surface area contributed by atoms with E-state index in [0.29, 0.717) is 11.9 Å². The van der Waals surface area contributed by atoms with Crippen molar-refractivity contribution in [1.82, 2.24) is 4.72 Å². The van der Waals surface area contributed by atoms with E-state index in [2.05, 4.69) is 20.7 Å². The highest BCUT2D eigenvalue weighted by Crippen LogP contribution is 1.88. The summed E-state index contributed by atoms with van der Waals surface area (Å²) in [4.78, 5) is 0. The molecule has 0 saturated heterocycles. The lowest BCUT2D eigenvalue weighted by molar-refractivity contribution is 0.582. The van der Waals surface area contributed by atoms with E-state index in [1.165, 1.54) is 0 Å². The minimum atomic E-state index is -2.99. The van der Waals surface area contributed by atoms with Gasteiger partial charge in [-0.1, -0.05) is 22.9 Å². The van der Waals surface area contributed by atoms with Gasteiger partial charge in [-0.3, -0.25) is 0 Å². The molecule has 1 N–H and O–H groups in total. The van der Waals surface area contributed by atoms with Gasteiger partial charge in [-0.25, -0.2) is 13.1 Å². The molecule has 0 spiro atoms. The molecule has 62 valence electrons. The lowest BCUT2D eigenvalue weighted by Gasteiger charge is -2.01. The Morgan fingerprint density at radius 1 is 1.50 bits per heavy atom. The van der Waals surface area contributed by atoms with Crippen LogP contribution in [0.3, 0.4) is 0 Å². The predicted octanol–water partition coefficient (Wildman–Crippen LogP) is 0.711. The topological polar surface area (TPSA) is 46.2 Å². The molecule has 0 saturated carbocycles. The summed E-state index contributed by atoms with van der Waals surface area (Å²) in [5.74, 6) is 0.160. The molecule has 0 aliphatic carbocycles. The van der Waals surface area contributed by atoms with Crippen LogP contribution in [-0.2, 0) is 10.0 Å². The first-order valence-electron chi connectivity index (χ1n) is 3.15. The smallest absolute Gasteiger partial charge is 0.212 e. The molecule has 0 fully saturated rings. The van der Waals surface area contributed by atoms with E-state index in [4.69, 9.17) is 0 Å². The van der Waals surface area contributed by atoms with E-state index >= 15 is 0 Å². The summed E-state index contributed by atoms with van der Waals surface area (Å²) in [6.07, 6.45) is 0.835. The van der Waals surface area contributed by atoms with Gasteiger partial charge in [-0.2, -0.15) is 0 Å². The number of rotatable bonds is 5. The Morgan fingerprint density at radius 3 is 2.50 bits per heavy atom. The molecule has 0 amide bonds. The molecule has 0 rings (SSSR count). The van der Waals surface area contributed by atoms with Crippen molar-refractivity contribution in [1.29, 1.82) is 0 Å². The Kier molecular flexibility index (Phi) is 5.29. The fourth-order valence-corrected chi connectivity index (χ4v) is 2.57. The molecule has 0 unspecified atom stereocenters. The van der Waals surface area contributed by atoms with E-state index in [1.807, 2.05) is 6.92 Å². The van der Waals surface area contributed by atoms with Gasteiger partial charge in [0.15, 0.2) is 0 Å². The van der Waals surface area contributed by atoms with Gasteiger partial charge in [0.2, 0.25) is 10.0 Å². The molecule has 0 heterocycles. The predicted molar refractivity (Wildman–Crippen MR) is 45.9 cm³/mol. The monoisotopic (exact) mass is 229 g/mol. The van der Waals surface area contributed by atoms with Gasteiger partial charge in [0.1, 0.15) is 0 Å². The molecule has 0 aliphatic rings. The molecule has 10 heavy (non-hydrogen) atoms. The summed E-state index contributed by atoms with van der Waals surface area (Å²) in [7, 11) is -2.99. The third kappa shape index (κ3) is 5.20. The van der Waals surface area contributed by atoms with Crippen LogP contribution in [0.25, 0.3) is 0 Å². The van der Waals surface area contributed by atoms with Gasteiger partial charge in [0.25, 0.3) is 0 Å². The van der Waals surface area contributed by atoms with Crippen LogP contribution in [0.15, 0.2) is 0 Å². The number of hydrogen-bond acceptors (Lipinski definition) is 2. The van der Waals surface area contributed by atoms with E-state index in [-0.39, 0.29) is 5.75 Å². The maximum Gasteiger partial charge on any atom is 0.212 e. The zero-order valence-corrected chi connectivity index (χ0v) is 8.33. The molecule has 5 heteroatoms. The molecular formula is C5H12BrNO2S. The van der Waals surface area contributed by atoms with Crippen molar-refractivity contribution < 1.29 is 8.42 Å². The Hall–Kier alpha value is 0.390. The molecule has 0 radical (unpaired) electrons. The molecule has 0 aliphatic heterocycles. The second-order valence-corrected chi connectivity index (χ2v) is 4.62. The van der Waals surface area contributed by atoms with Crippen LogP contribution in [0.1, 0.15) is 13.3 Å². The summed E-state index contributed by atoms with van der Waals surface area (Å²) in [5, 5.41) is 0.492. The quantitative estimate of drug-likeness (QED) is 0.707.